The summed E-state index contributed by atoms with van der Waals surface area (Å²) in [5.41, 5.74) is 2.15. The minimum Gasteiger partial charge on any atom is -0.314 e. The van der Waals surface area contributed by atoms with Gasteiger partial charge in [0.15, 0.2) is 11.5 Å². The number of aryl methyl sites for hydroxylation is 1. The second-order valence-corrected chi connectivity index (χ2v) is 5.38. The molecule has 1 unspecified atom stereocenters. The van der Waals surface area contributed by atoms with Gasteiger partial charge in [-0.25, -0.2) is 9.50 Å². The Bertz CT molecular complexity index is 556. The van der Waals surface area contributed by atoms with E-state index in [9.17, 15) is 0 Å². The first-order valence-corrected chi connectivity index (χ1v) is 6.99. The van der Waals surface area contributed by atoms with E-state index in [-0.39, 0.29) is 0 Å². The summed E-state index contributed by atoms with van der Waals surface area (Å²) in [7, 11) is 0. The maximum Gasteiger partial charge on any atom is 0.158 e. The number of hydrogen-bond donors (Lipinski definition) is 1. The predicted molar refractivity (Wildman–Crippen MR) is 75.4 cm³/mol. The van der Waals surface area contributed by atoms with Crippen LogP contribution < -0.4 is 5.32 Å². The Balaban J connectivity index is 1.77. The lowest BCUT2D eigenvalue weighted by Crippen LogP contribution is -2.44. The Hall–Kier alpha value is -1.46. The highest BCUT2D eigenvalue weighted by Crippen LogP contribution is 2.16. The molecule has 1 fully saturated rings. The maximum absolute atomic E-state index is 4.69. The van der Waals surface area contributed by atoms with Gasteiger partial charge in [-0.3, -0.25) is 0 Å². The molecule has 3 rings (SSSR count). The molecule has 1 saturated heterocycles. The molecule has 0 radical (unpaired) electrons. The number of nitrogens with one attached hydrogen (secondary N) is 1. The lowest BCUT2D eigenvalue weighted by atomic mass is 10.1. The molecule has 0 spiro atoms. The van der Waals surface area contributed by atoms with Crippen LogP contribution >= 0.6 is 0 Å². The highest BCUT2D eigenvalue weighted by atomic mass is 15.3. The van der Waals surface area contributed by atoms with Crippen LogP contribution in [0.3, 0.4) is 0 Å². The highest BCUT2D eigenvalue weighted by molar-refractivity contribution is 5.45. The van der Waals surface area contributed by atoms with E-state index >= 15 is 0 Å². The molecule has 1 atom stereocenters. The largest absolute Gasteiger partial charge is 0.314 e. The SMILES string of the molecule is Cc1cccn2nc(C(C)CN3CCNCC3)nc12. The summed E-state index contributed by atoms with van der Waals surface area (Å²) in [5, 5.41) is 7.98. The normalized spacial score (nSPS) is 18.8. The molecule has 0 amide bonds. The molecular weight excluding hydrogens is 238 g/mol. The van der Waals surface area contributed by atoms with Crippen LogP contribution in [0.5, 0.6) is 0 Å². The summed E-state index contributed by atoms with van der Waals surface area (Å²) in [6.45, 7) is 9.75. The first-order valence-electron chi connectivity index (χ1n) is 6.99. The summed E-state index contributed by atoms with van der Waals surface area (Å²) in [6, 6.07) is 4.09. The van der Waals surface area contributed by atoms with Crippen LogP contribution in [0.15, 0.2) is 18.3 Å². The van der Waals surface area contributed by atoms with E-state index in [1.54, 1.807) is 0 Å². The van der Waals surface area contributed by atoms with Gasteiger partial charge in [0.2, 0.25) is 0 Å². The number of pyridine rings is 1. The van der Waals surface area contributed by atoms with Crippen LogP contribution in [-0.2, 0) is 0 Å². The van der Waals surface area contributed by atoms with Crippen molar-refractivity contribution in [3.63, 3.8) is 0 Å². The molecule has 102 valence electrons. The first-order chi connectivity index (χ1) is 9.24. The Kier molecular flexibility index (Phi) is 3.48. The quantitative estimate of drug-likeness (QED) is 0.895. The molecule has 0 saturated carbocycles. The van der Waals surface area contributed by atoms with E-state index in [0.717, 1.165) is 44.2 Å². The average Bonchev–Trinajstić information content (AvgIpc) is 2.85. The fraction of sp³-hybridized carbons (Fsp3) is 0.571. The van der Waals surface area contributed by atoms with Crippen LogP contribution in [0.2, 0.25) is 0 Å². The molecule has 3 heterocycles. The van der Waals surface area contributed by atoms with E-state index in [4.69, 9.17) is 0 Å². The molecule has 5 heteroatoms. The molecule has 5 nitrogen and oxygen atoms in total. The molecular formula is C14H21N5. The summed E-state index contributed by atoms with van der Waals surface area (Å²) in [5.74, 6) is 1.32. The second-order valence-electron chi connectivity index (χ2n) is 5.38. The van der Waals surface area contributed by atoms with Crippen molar-refractivity contribution in [2.75, 3.05) is 32.7 Å². The Morgan fingerprint density at radius 2 is 2.16 bits per heavy atom. The molecule has 1 N–H and O–H groups in total. The average molecular weight is 259 g/mol. The molecule has 2 aromatic heterocycles. The number of hydrogen-bond acceptors (Lipinski definition) is 4. The van der Waals surface area contributed by atoms with Crippen molar-refractivity contribution in [2.24, 2.45) is 0 Å². The van der Waals surface area contributed by atoms with E-state index in [0.29, 0.717) is 5.92 Å². The molecule has 1 aliphatic heterocycles. The number of rotatable bonds is 3. The zero-order valence-corrected chi connectivity index (χ0v) is 11.6. The molecule has 0 aliphatic carbocycles. The summed E-state index contributed by atoms with van der Waals surface area (Å²) < 4.78 is 1.89. The lowest BCUT2D eigenvalue weighted by Gasteiger charge is -2.28. The lowest BCUT2D eigenvalue weighted by molar-refractivity contribution is 0.228. The maximum atomic E-state index is 4.69. The van der Waals surface area contributed by atoms with Crippen molar-refractivity contribution >= 4 is 5.65 Å². The Morgan fingerprint density at radius 3 is 2.89 bits per heavy atom. The van der Waals surface area contributed by atoms with E-state index < -0.39 is 0 Å². The number of fused-ring (bicyclic) bond motifs is 1. The molecule has 19 heavy (non-hydrogen) atoms. The molecule has 0 aromatic carbocycles. The van der Waals surface area contributed by atoms with Crippen LogP contribution in [0.1, 0.15) is 24.2 Å². The third-order valence-corrected chi connectivity index (χ3v) is 3.76. The van der Waals surface area contributed by atoms with Gasteiger partial charge in [-0.2, -0.15) is 5.10 Å². The topological polar surface area (TPSA) is 45.5 Å². The van der Waals surface area contributed by atoms with Gasteiger partial charge in [0, 0.05) is 44.8 Å². The van der Waals surface area contributed by atoms with Crippen molar-refractivity contribution in [1.82, 2.24) is 24.8 Å². The zero-order chi connectivity index (χ0) is 13.2. The van der Waals surface area contributed by atoms with Gasteiger partial charge in [0.25, 0.3) is 0 Å². The number of piperazine rings is 1. The third kappa shape index (κ3) is 2.62. The second kappa shape index (κ2) is 5.27. The Morgan fingerprint density at radius 1 is 1.37 bits per heavy atom. The summed E-state index contributed by atoms with van der Waals surface area (Å²) in [4.78, 5) is 7.17. The van der Waals surface area contributed by atoms with Gasteiger partial charge in [-0.05, 0) is 18.6 Å². The molecule has 2 aromatic rings. The van der Waals surface area contributed by atoms with Crippen molar-refractivity contribution in [2.45, 2.75) is 19.8 Å². The van der Waals surface area contributed by atoms with Gasteiger partial charge in [0.05, 0.1) is 0 Å². The number of aromatic nitrogens is 3. The van der Waals surface area contributed by atoms with Crippen molar-refractivity contribution in [3.8, 4) is 0 Å². The standard InChI is InChI=1S/C14H21N5/c1-11-4-3-7-19-14(11)16-13(17-19)12(2)10-18-8-5-15-6-9-18/h3-4,7,12,15H,5-6,8-10H2,1-2H3. The van der Waals surface area contributed by atoms with Gasteiger partial charge >= 0.3 is 0 Å². The highest BCUT2D eigenvalue weighted by Gasteiger charge is 2.18. The van der Waals surface area contributed by atoms with Crippen molar-refractivity contribution in [1.29, 1.82) is 0 Å². The number of nitrogens with zero attached hydrogens (tertiary/aromatic N) is 4. The smallest absolute Gasteiger partial charge is 0.158 e. The van der Waals surface area contributed by atoms with Gasteiger partial charge in [0.1, 0.15) is 0 Å². The summed E-state index contributed by atoms with van der Waals surface area (Å²) >= 11 is 0. The van der Waals surface area contributed by atoms with Crippen LogP contribution in [-0.4, -0.2) is 52.2 Å². The van der Waals surface area contributed by atoms with Crippen molar-refractivity contribution in [3.05, 3.63) is 29.7 Å². The first kappa shape index (κ1) is 12.6. The van der Waals surface area contributed by atoms with Gasteiger partial charge < -0.3 is 10.2 Å². The van der Waals surface area contributed by atoms with Crippen molar-refractivity contribution < 1.29 is 0 Å². The summed E-state index contributed by atoms with van der Waals surface area (Å²) in [6.07, 6.45) is 1.97. The zero-order valence-electron chi connectivity index (χ0n) is 11.6. The predicted octanol–water partition coefficient (Wildman–Crippen LogP) is 1.05. The fourth-order valence-corrected chi connectivity index (χ4v) is 2.63. The molecule has 1 aliphatic rings. The van der Waals surface area contributed by atoms with E-state index in [2.05, 4.69) is 40.2 Å². The minimum absolute atomic E-state index is 0.373. The van der Waals surface area contributed by atoms with Gasteiger partial charge in [-0.1, -0.05) is 13.0 Å². The third-order valence-electron chi connectivity index (χ3n) is 3.76. The van der Waals surface area contributed by atoms with Crippen LogP contribution in [0.4, 0.5) is 0 Å². The molecule has 0 bridgehead atoms. The van der Waals surface area contributed by atoms with Gasteiger partial charge in [-0.15, -0.1) is 0 Å². The Labute approximate surface area is 113 Å². The fourth-order valence-electron chi connectivity index (χ4n) is 2.63. The van der Waals surface area contributed by atoms with Crippen LogP contribution in [0.25, 0.3) is 5.65 Å². The van der Waals surface area contributed by atoms with E-state index in [1.807, 2.05) is 16.8 Å². The van der Waals surface area contributed by atoms with E-state index in [1.165, 1.54) is 5.56 Å². The monoisotopic (exact) mass is 259 g/mol. The minimum atomic E-state index is 0.373. The van der Waals surface area contributed by atoms with Crippen LogP contribution in [0, 0.1) is 6.92 Å².